The summed E-state index contributed by atoms with van der Waals surface area (Å²) < 4.78 is 0. The molecule has 0 unspecified atom stereocenters. The van der Waals surface area contributed by atoms with Gasteiger partial charge in [0.2, 0.25) is 5.91 Å². The fraction of sp³-hybridized carbons (Fsp3) is 0.455. The highest BCUT2D eigenvalue weighted by atomic mass is 32.1. The van der Waals surface area contributed by atoms with Crippen molar-refractivity contribution in [3.8, 4) is 0 Å². The Hall–Kier alpha value is -1.40. The van der Waals surface area contributed by atoms with Crippen molar-refractivity contribution in [2.45, 2.75) is 25.0 Å². The third kappa shape index (κ3) is 3.28. The first-order valence-corrected chi connectivity index (χ1v) is 6.32. The van der Waals surface area contributed by atoms with E-state index in [1.165, 1.54) is 11.3 Å². The van der Waals surface area contributed by atoms with Crippen molar-refractivity contribution in [3.63, 3.8) is 0 Å². The van der Waals surface area contributed by atoms with Gasteiger partial charge in [0.1, 0.15) is 0 Å². The Morgan fingerprint density at radius 3 is 2.82 bits per heavy atom. The fourth-order valence-electron chi connectivity index (χ4n) is 1.64. The molecule has 1 fully saturated rings. The Balaban J connectivity index is 1.68. The van der Waals surface area contributed by atoms with Gasteiger partial charge in [0.15, 0.2) is 0 Å². The van der Waals surface area contributed by atoms with Crippen LogP contribution in [0.5, 0.6) is 0 Å². The lowest BCUT2D eigenvalue weighted by atomic mass is 9.89. The van der Waals surface area contributed by atoms with E-state index < -0.39 is 0 Å². The van der Waals surface area contributed by atoms with Crippen LogP contribution in [0.15, 0.2) is 17.5 Å². The lowest BCUT2D eigenvalue weighted by Gasteiger charge is -2.31. The molecule has 1 aliphatic rings. The molecule has 0 aliphatic heterocycles. The van der Waals surface area contributed by atoms with E-state index in [4.69, 9.17) is 5.11 Å². The second kappa shape index (κ2) is 5.29. The summed E-state index contributed by atoms with van der Waals surface area (Å²) in [6, 6.07) is 3.55. The van der Waals surface area contributed by atoms with E-state index >= 15 is 0 Å². The maximum absolute atomic E-state index is 11.5. The number of hydrogen-bond acceptors (Lipinski definition) is 4. The highest BCUT2D eigenvalue weighted by Gasteiger charge is 2.28. The zero-order valence-electron chi connectivity index (χ0n) is 9.18. The van der Waals surface area contributed by atoms with Gasteiger partial charge < -0.3 is 15.7 Å². The molecule has 0 saturated heterocycles. The van der Waals surface area contributed by atoms with Crippen LogP contribution in [-0.4, -0.2) is 35.6 Å². The Kier molecular flexibility index (Phi) is 3.75. The van der Waals surface area contributed by atoms with Gasteiger partial charge in [0.05, 0.1) is 17.5 Å². The van der Waals surface area contributed by atoms with Crippen molar-refractivity contribution in [2.75, 3.05) is 6.54 Å². The monoisotopic (exact) mass is 254 g/mol. The molecule has 5 nitrogen and oxygen atoms in total. The Morgan fingerprint density at radius 2 is 2.24 bits per heavy atom. The molecule has 17 heavy (non-hydrogen) atoms. The normalized spacial score (nSPS) is 22.6. The molecule has 0 bridgehead atoms. The molecule has 0 atom stereocenters. The zero-order valence-corrected chi connectivity index (χ0v) is 10.00. The van der Waals surface area contributed by atoms with Crippen molar-refractivity contribution < 1.29 is 14.7 Å². The van der Waals surface area contributed by atoms with E-state index in [0.717, 1.165) is 0 Å². The van der Waals surface area contributed by atoms with Crippen LogP contribution in [0.3, 0.4) is 0 Å². The van der Waals surface area contributed by atoms with Crippen LogP contribution in [0.1, 0.15) is 22.5 Å². The Labute approximate surface area is 103 Å². The summed E-state index contributed by atoms with van der Waals surface area (Å²) in [6.45, 7) is -0.0245. The Morgan fingerprint density at radius 1 is 1.47 bits per heavy atom. The number of carbonyl (C=O) groups is 2. The average molecular weight is 254 g/mol. The van der Waals surface area contributed by atoms with E-state index in [1.54, 1.807) is 12.1 Å². The van der Waals surface area contributed by atoms with E-state index in [2.05, 4.69) is 10.6 Å². The minimum Gasteiger partial charge on any atom is -0.393 e. The molecule has 2 amide bonds. The van der Waals surface area contributed by atoms with Gasteiger partial charge in [0, 0.05) is 6.04 Å². The van der Waals surface area contributed by atoms with E-state index in [-0.39, 0.29) is 30.5 Å². The van der Waals surface area contributed by atoms with Crippen LogP contribution in [0, 0.1) is 0 Å². The lowest BCUT2D eigenvalue weighted by Crippen LogP contribution is -2.49. The van der Waals surface area contributed by atoms with Crippen molar-refractivity contribution in [1.82, 2.24) is 10.6 Å². The quantitative estimate of drug-likeness (QED) is 0.714. The molecule has 92 valence electrons. The number of amides is 2. The van der Waals surface area contributed by atoms with Crippen LogP contribution in [0.25, 0.3) is 0 Å². The maximum atomic E-state index is 11.5. The van der Waals surface area contributed by atoms with Gasteiger partial charge in [-0.3, -0.25) is 9.59 Å². The minimum atomic E-state index is -0.291. The summed E-state index contributed by atoms with van der Waals surface area (Å²) in [6.07, 6.45) is 0.913. The SMILES string of the molecule is O=C(CNC(=O)c1cccs1)NC1CC(O)C1. The fourth-order valence-corrected chi connectivity index (χ4v) is 2.28. The third-order valence-electron chi connectivity index (χ3n) is 2.63. The van der Waals surface area contributed by atoms with Crippen molar-refractivity contribution >= 4 is 23.2 Å². The first-order valence-electron chi connectivity index (χ1n) is 5.44. The van der Waals surface area contributed by atoms with E-state index in [0.29, 0.717) is 17.7 Å². The minimum absolute atomic E-state index is 0.0245. The predicted molar refractivity (Wildman–Crippen MR) is 63.8 cm³/mol. The molecule has 1 aromatic rings. The number of hydrogen-bond donors (Lipinski definition) is 3. The first kappa shape index (κ1) is 12.1. The van der Waals surface area contributed by atoms with Crippen LogP contribution < -0.4 is 10.6 Å². The van der Waals surface area contributed by atoms with Gasteiger partial charge >= 0.3 is 0 Å². The molecule has 0 radical (unpaired) electrons. The number of rotatable bonds is 4. The van der Waals surface area contributed by atoms with Crippen molar-refractivity contribution in [3.05, 3.63) is 22.4 Å². The first-order chi connectivity index (χ1) is 8.15. The average Bonchev–Trinajstić information content (AvgIpc) is 2.77. The molecule has 1 heterocycles. The molecule has 0 spiro atoms. The van der Waals surface area contributed by atoms with Gasteiger partial charge in [-0.25, -0.2) is 0 Å². The van der Waals surface area contributed by atoms with Crippen molar-refractivity contribution in [2.24, 2.45) is 0 Å². The number of thiophene rings is 1. The predicted octanol–water partition coefficient (Wildman–Crippen LogP) is 0.117. The third-order valence-corrected chi connectivity index (χ3v) is 3.50. The van der Waals surface area contributed by atoms with Crippen molar-refractivity contribution in [1.29, 1.82) is 0 Å². The molecule has 6 heteroatoms. The van der Waals surface area contributed by atoms with Gasteiger partial charge in [-0.05, 0) is 24.3 Å². The molecule has 0 aromatic carbocycles. The summed E-state index contributed by atoms with van der Waals surface area (Å²) in [5.41, 5.74) is 0. The van der Waals surface area contributed by atoms with Crippen LogP contribution in [0.4, 0.5) is 0 Å². The molecule has 1 saturated carbocycles. The van der Waals surface area contributed by atoms with Crippen LogP contribution in [0.2, 0.25) is 0 Å². The summed E-state index contributed by atoms with van der Waals surface area (Å²) in [7, 11) is 0. The Bertz CT molecular complexity index is 399. The molecular weight excluding hydrogens is 240 g/mol. The lowest BCUT2D eigenvalue weighted by molar-refractivity contribution is -0.122. The van der Waals surface area contributed by atoms with E-state index in [1.807, 2.05) is 5.38 Å². The summed E-state index contributed by atoms with van der Waals surface area (Å²) in [4.78, 5) is 23.5. The summed E-state index contributed by atoms with van der Waals surface area (Å²) in [5.74, 6) is -0.449. The topological polar surface area (TPSA) is 78.4 Å². The standard InChI is InChI=1S/C11H14N2O3S/c14-8-4-7(5-8)13-10(15)6-12-11(16)9-2-1-3-17-9/h1-3,7-8,14H,4-6H2,(H,12,16)(H,13,15). The van der Waals surface area contributed by atoms with E-state index in [9.17, 15) is 9.59 Å². The highest BCUT2D eigenvalue weighted by molar-refractivity contribution is 7.12. The molecular formula is C11H14N2O3S. The van der Waals surface area contributed by atoms with Gasteiger partial charge in [-0.15, -0.1) is 11.3 Å². The number of aliphatic hydroxyl groups excluding tert-OH is 1. The van der Waals surface area contributed by atoms with Gasteiger partial charge in [-0.2, -0.15) is 0 Å². The van der Waals surface area contributed by atoms with Gasteiger partial charge in [-0.1, -0.05) is 6.07 Å². The number of nitrogens with one attached hydrogen (secondary N) is 2. The molecule has 1 aromatic heterocycles. The second-order valence-electron chi connectivity index (χ2n) is 4.05. The largest absolute Gasteiger partial charge is 0.393 e. The van der Waals surface area contributed by atoms with Crippen LogP contribution in [-0.2, 0) is 4.79 Å². The highest BCUT2D eigenvalue weighted by Crippen LogP contribution is 2.18. The maximum Gasteiger partial charge on any atom is 0.261 e. The second-order valence-corrected chi connectivity index (χ2v) is 5.00. The molecule has 3 N–H and O–H groups in total. The smallest absolute Gasteiger partial charge is 0.261 e. The number of carbonyl (C=O) groups excluding carboxylic acids is 2. The number of aliphatic hydroxyl groups is 1. The molecule has 2 rings (SSSR count). The van der Waals surface area contributed by atoms with Crippen LogP contribution >= 0.6 is 11.3 Å². The summed E-state index contributed by atoms with van der Waals surface area (Å²) in [5, 5.41) is 16.1. The van der Waals surface area contributed by atoms with Gasteiger partial charge in [0.25, 0.3) is 5.91 Å². The molecule has 1 aliphatic carbocycles. The summed E-state index contributed by atoms with van der Waals surface area (Å²) >= 11 is 1.34. The zero-order chi connectivity index (χ0) is 12.3.